The van der Waals surface area contributed by atoms with Crippen LogP contribution < -0.4 is 10.6 Å². The van der Waals surface area contributed by atoms with Crippen LogP contribution in [0.2, 0.25) is 5.02 Å². The van der Waals surface area contributed by atoms with Gasteiger partial charge in [0.1, 0.15) is 12.1 Å². The number of aromatic nitrogens is 4. The number of rotatable bonds is 3. The Bertz CT molecular complexity index is 920. The Morgan fingerprint density at radius 2 is 2.25 bits per heavy atom. The molecule has 0 aliphatic carbocycles. The Morgan fingerprint density at radius 1 is 1.42 bits per heavy atom. The van der Waals surface area contributed by atoms with Crippen LogP contribution in [0.25, 0.3) is 17.1 Å². The standard InChI is InChI=1S/C15H13ClN6OS/c1-8(23)18-15-19-13-12(24-15)14(21-20-13)22-7-17-6-11(22)9-4-2-3-5-10(9)16/h2-7,15H,1H3,(H,18,23)(H2,19,20,21). The number of anilines is 1. The number of carbonyl (C=O) groups excluding carboxylic acids is 1. The van der Waals surface area contributed by atoms with Crippen molar-refractivity contribution in [3.8, 4) is 17.1 Å². The zero-order valence-electron chi connectivity index (χ0n) is 12.6. The monoisotopic (exact) mass is 360 g/mol. The molecule has 0 fully saturated rings. The smallest absolute Gasteiger partial charge is 0.219 e. The SMILES string of the molecule is CC(=O)NC1Nc2[nH]nc(-n3cncc3-c3ccccc3Cl)c2S1. The summed E-state index contributed by atoms with van der Waals surface area (Å²) >= 11 is 7.80. The number of H-pyrrole nitrogens is 1. The van der Waals surface area contributed by atoms with Crippen molar-refractivity contribution in [1.29, 1.82) is 0 Å². The van der Waals surface area contributed by atoms with Crippen LogP contribution in [0.3, 0.4) is 0 Å². The normalized spacial score (nSPS) is 15.8. The third-order valence-corrected chi connectivity index (χ3v) is 4.99. The van der Waals surface area contributed by atoms with E-state index in [-0.39, 0.29) is 11.4 Å². The topological polar surface area (TPSA) is 87.6 Å². The maximum absolute atomic E-state index is 11.2. The molecule has 7 nitrogen and oxygen atoms in total. The molecule has 0 spiro atoms. The molecule has 1 aliphatic heterocycles. The summed E-state index contributed by atoms with van der Waals surface area (Å²) in [6.45, 7) is 1.49. The molecule has 24 heavy (non-hydrogen) atoms. The predicted molar refractivity (Wildman–Crippen MR) is 93.2 cm³/mol. The molecule has 1 unspecified atom stereocenters. The number of carbonyl (C=O) groups is 1. The average Bonchev–Trinajstić information content (AvgIpc) is 3.22. The fourth-order valence-electron chi connectivity index (χ4n) is 2.56. The lowest BCUT2D eigenvalue weighted by molar-refractivity contribution is -0.119. The van der Waals surface area contributed by atoms with E-state index in [0.29, 0.717) is 10.8 Å². The Morgan fingerprint density at radius 3 is 3.04 bits per heavy atom. The highest BCUT2D eigenvalue weighted by molar-refractivity contribution is 8.00. The minimum Gasteiger partial charge on any atom is -0.341 e. The Labute approximate surface area is 146 Å². The van der Waals surface area contributed by atoms with E-state index in [1.54, 1.807) is 12.5 Å². The van der Waals surface area contributed by atoms with Crippen LogP contribution in [-0.4, -0.2) is 31.2 Å². The highest BCUT2D eigenvalue weighted by Gasteiger charge is 2.29. The van der Waals surface area contributed by atoms with Gasteiger partial charge in [0.2, 0.25) is 5.91 Å². The van der Waals surface area contributed by atoms with Gasteiger partial charge in [-0.15, -0.1) is 0 Å². The van der Waals surface area contributed by atoms with Gasteiger partial charge in [0, 0.05) is 17.5 Å². The van der Waals surface area contributed by atoms with Gasteiger partial charge < -0.3 is 10.6 Å². The summed E-state index contributed by atoms with van der Waals surface area (Å²) in [7, 11) is 0. The first kappa shape index (κ1) is 15.1. The molecule has 1 atom stereocenters. The molecule has 0 bridgehead atoms. The number of halogens is 1. The van der Waals surface area contributed by atoms with E-state index in [9.17, 15) is 4.79 Å². The number of hydrogen-bond donors (Lipinski definition) is 3. The molecule has 3 heterocycles. The van der Waals surface area contributed by atoms with Gasteiger partial charge in [-0.05, 0) is 6.07 Å². The summed E-state index contributed by atoms with van der Waals surface area (Å²) in [5, 5.41) is 14.0. The number of imidazole rings is 1. The highest BCUT2D eigenvalue weighted by Crippen LogP contribution is 2.41. The van der Waals surface area contributed by atoms with Gasteiger partial charge in [-0.2, -0.15) is 5.10 Å². The highest BCUT2D eigenvalue weighted by atomic mass is 35.5. The van der Waals surface area contributed by atoms with E-state index in [0.717, 1.165) is 22.0 Å². The largest absolute Gasteiger partial charge is 0.341 e. The van der Waals surface area contributed by atoms with Gasteiger partial charge in [0.15, 0.2) is 11.3 Å². The van der Waals surface area contributed by atoms with E-state index in [1.807, 2.05) is 28.8 Å². The molecule has 1 amide bonds. The molecule has 0 saturated carbocycles. The van der Waals surface area contributed by atoms with Crippen molar-refractivity contribution in [1.82, 2.24) is 25.1 Å². The van der Waals surface area contributed by atoms with Gasteiger partial charge in [0.05, 0.1) is 16.8 Å². The molecular formula is C15H13ClN6OS. The first-order valence-electron chi connectivity index (χ1n) is 7.20. The number of benzene rings is 1. The van der Waals surface area contributed by atoms with Crippen molar-refractivity contribution in [2.24, 2.45) is 0 Å². The summed E-state index contributed by atoms with van der Waals surface area (Å²) in [6.07, 6.45) is 3.45. The van der Waals surface area contributed by atoms with E-state index < -0.39 is 0 Å². The average molecular weight is 361 g/mol. The maximum atomic E-state index is 11.2. The van der Waals surface area contributed by atoms with Crippen LogP contribution in [0.5, 0.6) is 0 Å². The number of amides is 1. The summed E-state index contributed by atoms with van der Waals surface area (Å²) < 4.78 is 1.88. The van der Waals surface area contributed by atoms with Crippen molar-refractivity contribution in [3.63, 3.8) is 0 Å². The van der Waals surface area contributed by atoms with Crippen molar-refractivity contribution in [2.75, 3.05) is 5.32 Å². The van der Waals surface area contributed by atoms with Crippen LogP contribution in [0.1, 0.15) is 6.92 Å². The van der Waals surface area contributed by atoms with E-state index in [2.05, 4.69) is 25.8 Å². The molecule has 2 aromatic heterocycles. The van der Waals surface area contributed by atoms with Gasteiger partial charge in [-0.25, -0.2) is 4.98 Å². The fourth-order valence-corrected chi connectivity index (χ4v) is 3.90. The number of nitrogens with one attached hydrogen (secondary N) is 3. The number of fused-ring (bicyclic) bond motifs is 1. The number of hydrogen-bond acceptors (Lipinski definition) is 5. The lowest BCUT2D eigenvalue weighted by Gasteiger charge is -2.11. The van der Waals surface area contributed by atoms with Gasteiger partial charge in [0.25, 0.3) is 0 Å². The van der Waals surface area contributed by atoms with Gasteiger partial charge in [-0.3, -0.25) is 14.5 Å². The molecule has 4 rings (SSSR count). The quantitative estimate of drug-likeness (QED) is 0.668. The number of thioether (sulfide) groups is 1. The molecule has 1 aromatic carbocycles. The van der Waals surface area contributed by atoms with Crippen molar-refractivity contribution in [3.05, 3.63) is 41.8 Å². The van der Waals surface area contributed by atoms with Crippen LogP contribution in [0, 0.1) is 0 Å². The Balaban J connectivity index is 1.73. The van der Waals surface area contributed by atoms with Crippen molar-refractivity contribution >= 4 is 35.1 Å². The van der Waals surface area contributed by atoms with Crippen molar-refractivity contribution < 1.29 is 4.79 Å². The Kier molecular flexibility index (Phi) is 3.70. The molecule has 0 saturated heterocycles. The minimum atomic E-state index is -0.224. The fraction of sp³-hybridized carbons (Fsp3) is 0.133. The molecule has 9 heteroatoms. The van der Waals surface area contributed by atoms with E-state index >= 15 is 0 Å². The molecule has 1 aliphatic rings. The van der Waals surface area contributed by atoms with Gasteiger partial charge in [-0.1, -0.05) is 41.6 Å². The summed E-state index contributed by atoms with van der Waals surface area (Å²) in [6, 6.07) is 7.59. The van der Waals surface area contributed by atoms with Crippen LogP contribution in [-0.2, 0) is 4.79 Å². The number of nitrogens with zero attached hydrogens (tertiary/aromatic N) is 3. The lowest BCUT2D eigenvalue weighted by Crippen LogP contribution is -2.34. The summed E-state index contributed by atoms with van der Waals surface area (Å²) in [4.78, 5) is 16.4. The maximum Gasteiger partial charge on any atom is 0.219 e. The second-order valence-electron chi connectivity index (χ2n) is 5.22. The van der Waals surface area contributed by atoms with Crippen LogP contribution in [0.4, 0.5) is 5.82 Å². The van der Waals surface area contributed by atoms with Crippen LogP contribution in [0.15, 0.2) is 41.7 Å². The van der Waals surface area contributed by atoms with Crippen molar-refractivity contribution in [2.45, 2.75) is 17.3 Å². The summed E-state index contributed by atoms with van der Waals surface area (Å²) in [5.41, 5.74) is 1.50. The first-order valence-corrected chi connectivity index (χ1v) is 8.45. The van der Waals surface area contributed by atoms with Crippen LogP contribution >= 0.6 is 23.4 Å². The van der Waals surface area contributed by atoms with E-state index in [1.165, 1.54) is 18.7 Å². The third kappa shape index (κ3) is 2.53. The Hall–Kier alpha value is -2.45. The summed E-state index contributed by atoms with van der Waals surface area (Å²) in [5.74, 6) is 1.38. The minimum absolute atomic E-state index is 0.0981. The zero-order chi connectivity index (χ0) is 16.7. The second kappa shape index (κ2) is 5.88. The third-order valence-electron chi connectivity index (χ3n) is 3.57. The molecule has 0 radical (unpaired) electrons. The molecular weight excluding hydrogens is 348 g/mol. The molecule has 3 aromatic rings. The number of aromatic amines is 1. The molecule has 3 N–H and O–H groups in total. The lowest BCUT2D eigenvalue weighted by atomic mass is 10.1. The molecule has 122 valence electrons. The van der Waals surface area contributed by atoms with E-state index in [4.69, 9.17) is 11.6 Å². The first-order chi connectivity index (χ1) is 11.6. The second-order valence-corrected chi connectivity index (χ2v) is 6.75. The van der Waals surface area contributed by atoms with Gasteiger partial charge >= 0.3 is 0 Å². The predicted octanol–water partition coefficient (Wildman–Crippen LogP) is 2.85. The zero-order valence-corrected chi connectivity index (χ0v) is 14.1.